The maximum absolute atomic E-state index is 13.2. The highest BCUT2D eigenvalue weighted by atomic mass is 16.2. The van der Waals surface area contributed by atoms with Gasteiger partial charge >= 0.3 is 0 Å². The van der Waals surface area contributed by atoms with E-state index in [1.54, 1.807) is 30.3 Å². The van der Waals surface area contributed by atoms with Gasteiger partial charge in [-0.1, -0.05) is 12.2 Å². The van der Waals surface area contributed by atoms with Crippen LogP contribution in [0.4, 0.5) is 5.69 Å². The van der Waals surface area contributed by atoms with Crippen molar-refractivity contribution in [1.82, 2.24) is 19.2 Å². The molecular formula is C23H27N5O3. The predicted molar refractivity (Wildman–Crippen MR) is 116 cm³/mol. The molecule has 3 heterocycles. The Kier molecular flexibility index (Phi) is 4.79. The van der Waals surface area contributed by atoms with Gasteiger partial charge in [0.05, 0.1) is 11.9 Å². The van der Waals surface area contributed by atoms with Crippen LogP contribution in [-0.2, 0) is 31.4 Å². The molecule has 0 aromatic carbocycles. The Bertz CT molecular complexity index is 1140. The molecule has 2 bridgehead atoms. The summed E-state index contributed by atoms with van der Waals surface area (Å²) in [6.07, 6.45) is 12.1. The molecule has 3 atom stereocenters. The third kappa shape index (κ3) is 3.40. The summed E-state index contributed by atoms with van der Waals surface area (Å²) in [4.78, 5) is 40.9. The van der Waals surface area contributed by atoms with Gasteiger partial charge in [-0.2, -0.15) is 5.10 Å². The molecule has 2 aliphatic carbocycles. The van der Waals surface area contributed by atoms with E-state index in [2.05, 4.69) is 22.6 Å². The van der Waals surface area contributed by atoms with Crippen LogP contribution >= 0.6 is 0 Å². The number of aryl methyl sites for hydroxylation is 2. The van der Waals surface area contributed by atoms with Gasteiger partial charge in [-0.25, -0.2) is 0 Å². The first-order chi connectivity index (χ1) is 14.9. The standard InChI is InChI=1S/C23H27N5O3/c1-3-28-13-17(10-24-28)25-21(29)20-18-6-7-27(12-16(18)11-26(2)23(20)31)22(30)19-9-14-4-5-15(19)8-14/h4-5,10-11,13-15,19H,3,6-9,12H2,1-2H3,(H,25,29)/t14-,15+,19+/m1/s1. The molecule has 2 amide bonds. The zero-order chi connectivity index (χ0) is 21.7. The van der Waals surface area contributed by atoms with E-state index in [0.717, 1.165) is 24.0 Å². The van der Waals surface area contributed by atoms with Crippen LogP contribution in [0.3, 0.4) is 0 Å². The Labute approximate surface area is 180 Å². The maximum Gasteiger partial charge on any atom is 0.263 e. The van der Waals surface area contributed by atoms with E-state index >= 15 is 0 Å². The van der Waals surface area contributed by atoms with Crippen molar-refractivity contribution < 1.29 is 9.59 Å². The number of aromatic nitrogens is 3. The van der Waals surface area contributed by atoms with Crippen molar-refractivity contribution >= 4 is 17.5 Å². The average Bonchev–Trinajstić information content (AvgIpc) is 3.50. The van der Waals surface area contributed by atoms with E-state index in [1.165, 1.54) is 4.57 Å². The van der Waals surface area contributed by atoms with Gasteiger partial charge in [0.1, 0.15) is 5.56 Å². The summed E-state index contributed by atoms with van der Waals surface area (Å²) in [6.45, 7) is 3.63. The van der Waals surface area contributed by atoms with Gasteiger partial charge in [0.25, 0.3) is 11.5 Å². The van der Waals surface area contributed by atoms with Crippen LogP contribution in [-0.4, -0.2) is 37.6 Å². The Hall–Kier alpha value is -3.16. The van der Waals surface area contributed by atoms with Crippen molar-refractivity contribution in [3.63, 3.8) is 0 Å². The molecular weight excluding hydrogens is 394 g/mol. The Morgan fingerprint density at radius 1 is 1.23 bits per heavy atom. The first kappa shape index (κ1) is 19.8. The van der Waals surface area contributed by atoms with Crippen LogP contribution < -0.4 is 10.9 Å². The molecule has 1 aliphatic heterocycles. The van der Waals surface area contributed by atoms with Crippen molar-refractivity contribution in [1.29, 1.82) is 0 Å². The fourth-order valence-corrected chi connectivity index (χ4v) is 5.31. The van der Waals surface area contributed by atoms with Gasteiger partial charge in [0.15, 0.2) is 0 Å². The van der Waals surface area contributed by atoms with Gasteiger partial charge in [0.2, 0.25) is 5.91 Å². The van der Waals surface area contributed by atoms with Crippen LogP contribution in [0.25, 0.3) is 0 Å². The van der Waals surface area contributed by atoms with E-state index in [1.807, 2.05) is 11.8 Å². The number of carbonyl (C=O) groups is 2. The van der Waals surface area contributed by atoms with Crippen molar-refractivity contribution in [2.24, 2.45) is 24.8 Å². The number of pyridine rings is 1. The minimum Gasteiger partial charge on any atom is -0.338 e. The zero-order valence-electron chi connectivity index (χ0n) is 17.9. The molecule has 1 N–H and O–H groups in total. The number of allylic oxidation sites excluding steroid dienone is 2. The maximum atomic E-state index is 13.2. The van der Waals surface area contributed by atoms with Crippen LogP contribution in [0, 0.1) is 17.8 Å². The lowest BCUT2D eigenvalue weighted by Gasteiger charge is -2.33. The van der Waals surface area contributed by atoms with Crippen LogP contribution in [0.2, 0.25) is 0 Å². The van der Waals surface area contributed by atoms with Gasteiger partial charge in [-0.15, -0.1) is 0 Å². The molecule has 31 heavy (non-hydrogen) atoms. The Balaban J connectivity index is 1.40. The third-order valence-electron chi connectivity index (χ3n) is 6.92. The minimum absolute atomic E-state index is 0.0713. The summed E-state index contributed by atoms with van der Waals surface area (Å²) >= 11 is 0. The van der Waals surface area contributed by atoms with Crippen LogP contribution in [0.5, 0.6) is 0 Å². The van der Waals surface area contributed by atoms with Crippen LogP contribution in [0.1, 0.15) is 41.3 Å². The number of nitrogens with one attached hydrogen (secondary N) is 1. The SMILES string of the molecule is CCn1cc(NC(=O)c2c3c(cn(C)c2=O)CN(C(=O)[C@H]2C[C@@H]4C=C[C@H]2C4)CC3)cn1. The monoisotopic (exact) mass is 421 g/mol. The van der Waals surface area contributed by atoms with E-state index in [9.17, 15) is 14.4 Å². The smallest absolute Gasteiger partial charge is 0.263 e. The number of amides is 2. The van der Waals surface area contributed by atoms with E-state index in [4.69, 9.17) is 0 Å². The fourth-order valence-electron chi connectivity index (χ4n) is 5.31. The molecule has 2 aromatic heterocycles. The molecule has 8 nitrogen and oxygen atoms in total. The van der Waals surface area contributed by atoms with Crippen molar-refractivity contribution in [3.05, 3.63) is 57.8 Å². The number of hydrogen-bond donors (Lipinski definition) is 1. The molecule has 8 heteroatoms. The highest BCUT2D eigenvalue weighted by Crippen LogP contribution is 2.44. The normalized spacial score (nSPS) is 23.8. The number of rotatable bonds is 4. The zero-order valence-corrected chi connectivity index (χ0v) is 17.9. The van der Waals surface area contributed by atoms with Crippen molar-refractivity contribution in [2.75, 3.05) is 11.9 Å². The first-order valence-electron chi connectivity index (χ1n) is 11.0. The minimum atomic E-state index is -0.425. The van der Waals surface area contributed by atoms with Gasteiger partial charge < -0.3 is 14.8 Å². The highest BCUT2D eigenvalue weighted by Gasteiger charge is 2.42. The lowest BCUT2D eigenvalue weighted by molar-refractivity contribution is -0.137. The Morgan fingerprint density at radius 3 is 2.74 bits per heavy atom. The fraction of sp³-hybridized carbons (Fsp3) is 0.478. The predicted octanol–water partition coefficient (Wildman–Crippen LogP) is 1.95. The summed E-state index contributed by atoms with van der Waals surface area (Å²) in [7, 11) is 1.65. The second-order valence-electron chi connectivity index (χ2n) is 8.86. The third-order valence-corrected chi connectivity index (χ3v) is 6.92. The molecule has 162 valence electrons. The number of hydrogen-bond acceptors (Lipinski definition) is 4. The molecule has 3 aliphatic rings. The number of anilines is 1. The molecule has 1 saturated carbocycles. The molecule has 0 spiro atoms. The van der Waals surface area contributed by atoms with Crippen molar-refractivity contribution in [2.45, 2.75) is 39.3 Å². The molecule has 0 saturated heterocycles. The van der Waals surface area contributed by atoms with Crippen molar-refractivity contribution in [3.8, 4) is 0 Å². The Morgan fingerprint density at radius 2 is 2.06 bits per heavy atom. The number of nitrogens with zero attached hydrogens (tertiary/aromatic N) is 4. The number of fused-ring (bicyclic) bond motifs is 3. The average molecular weight is 422 g/mol. The van der Waals surface area contributed by atoms with Crippen LogP contribution in [0.15, 0.2) is 35.5 Å². The van der Waals surface area contributed by atoms with Gasteiger partial charge in [0, 0.05) is 45.0 Å². The largest absolute Gasteiger partial charge is 0.338 e. The summed E-state index contributed by atoms with van der Waals surface area (Å²) in [5.41, 5.74) is 2.02. The molecule has 2 aromatic rings. The first-order valence-corrected chi connectivity index (χ1v) is 11.0. The summed E-state index contributed by atoms with van der Waals surface area (Å²) in [6, 6.07) is 0. The van der Waals surface area contributed by atoms with Gasteiger partial charge in [-0.05, 0) is 49.1 Å². The van der Waals surface area contributed by atoms with E-state index in [-0.39, 0.29) is 22.9 Å². The van der Waals surface area contributed by atoms with E-state index < -0.39 is 5.91 Å². The highest BCUT2D eigenvalue weighted by molar-refractivity contribution is 6.05. The summed E-state index contributed by atoms with van der Waals surface area (Å²) in [5, 5.41) is 6.97. The van der Waals surface area contributed by atoms with Gasteiger partial charge in [-0.3, -0.25) is 19.1 Å². The lowest BCUT2D eigenvalue weighted by atomic mass is 9.90. The topological polar surface area (TPSA) is 89.2 Å². The lowest BCUT2D eigenvalue weighted by Crippen LogP contribution is -2.43. The number of carbonyl (C=O) groups excluding carboxylic acids is 2. The second kappa shape index (κ2) is 7.51. The van der Waals surface area contributed by atoms with E-state index in [0.29, 0.717) is 43.6 Å². The molecule has 0 radical (unpaired) electrons. The summed E-state index contributed by atoms with van der Waals surface area (Å²) in [5.74, 6) is 0.760. The summed E-state index contributed by atoms with van der Waals surface area (Å²) < 4.78 is 3.15. The molecule has 5 rings (SSSR count). The molecule has 0 unspecified atom stereocenters. The molecule has 1 fully saturated rings. The quantitative estimate of drug-likeness (QED) is 0.765. The second-order valence-corrected chi connectivity index (χ2v) is 8.86.